The lowest BCUT2D eigenvalue weighted by atomic mass is 9.84. The summed E-state index contributed by atoms with van der Waals surface area (Å²) in [6.45, 7) is 0. The van der Waals surface area contributed by atoms with E-state index in [-0.39, 0.29) is 29.9 Å². The Balaban J connectivity index is 0.000000223. The number of thioether (sulfide) groups is 2. The van der Waals surface area contributed by atoms with Crippen LogP contribution in [0.4, 0.5) is 0 Å². The van der Waals surface area contributed by atoms with E-state index in [0.29, 0.717) is 17.2 Å². The molecule has 0 atom stereocenters. The maximum absolute atomic E-state index is 12.4. The van der Waals surface area contributed by atoms with Crippen molar-refractivity contribution < 1.29 is 24.0 Å². The van der Waals surface area contributed by atoms with Crippen LogP contribution in [0.1, 0.15) is 59.1 Å². The van der Waals surface area contributed by atoms with Crippen LogP contribution >= 0.6 is 23.5 Å². The molecule has 0 saturated carbocycles. The zero-order valence-corrected chi connectivity index (χ0v) is 35.6. The fourth-order valence-corrected chi connectivity index (χ4v) is 10.0. The van der Waals surface area contributed by atoms with Crippen LogP contribution in [0.5, 0.6) is 0 Å². The molecule has 1 saturated heterocycles. The van der Waals surface area contributed by atoms with Gasteiger partial charge in [-0.2, -0.15) is 0 Å². The van der Waals surface area contributed by atoms with E-state index in [1.54, 1.807) is 18.8 Å². The van der Waals surface area contributed by atoms with Crippen molar-refractivity contribution in [3.63, 3.8) is 0 Å². The molecule has 6 aromatic carbocycles. The Morgan fingerprint density at radius 2 is 0.783 bits per heavy atom. The van der Waals surface area contributed by atoms with Crippen molar-refractivity contribution in [2.75, 3.05) is 25.6 Å². The number of carbonyl (C=O) groups excluding carboxylic acids is 4. The number of carbonyl (C=O) groups is 4. The molecule has 1 aliphatic rings. The summed E-state index contributed by atoms with van der Waals surface area (Å²) >= 11 is 3.44. The van der Waals surface area contributed by atoms with Crippen LogP contribution in [-0.4, -0.2) is 54.4 Å². The van der Waals surface area contributed by atoms with Crippen molar-refractivity contribution in [2.24, 2.45) is 5.73 Å². The van der Waals surface area contributed by atoms with Crippen LogP contribution in [0.15, 0.2) is 182 Å². The third-order valence-electron chi connectivity index (χ3n) is 9.83. The minimum atomic E-state index is -0.593. The predicted octanol–water partition coefficient (Wildman–Crippen LogP) is 9.13. The second-order valence-electron chi connectivity index (χ2n) is 13.5. The lowest BCUT2D eigenvalue weighted by Crippen LogP contribution is -2.32. The quantitative estimate of drug-likeness (QED) is 0.0777. The number of amides is 3. The summed E-state index contributed by atoms with van der Waals surface area (Å²) in [6, 6.07) is 62.2. The van der Waals surface area contributed by atoms with E-state index in [1.807, 2.05) is 84.6 Å². The highest BCUT2D eigenvalue weighted by Gasteiger charge is 2.39. The summed E-state index contributed by atoms with van der Waals surface area (Å²) in [7, 11) is 3.19. The van der Waals surface area contributed by atoms with E-state index in [2.05, 4.69) is 120 Å². The molecule has 60 heavy (non-hydrogen) atoms. The van der Waals surface area contributed by atoms with Gasteiger partial charge in [-0.05, 0) is 40.4 Å². The third-order valence-corrected chi connectivity index (χ3v) is 12.9. The number of imide groups is 1. The molecule has 0 radical (unpaired) electrons. The third kappa shape index (κ3) is 11.0. The smallest absolute Gasteiger partial charge is 0.334 e. The van der Waals surface area contributed by atoms with Gasteiger partial charge in [-0.3, -0.25) is 14.4 Å². The molecule has 0 spiro atoms. The molecule has 3 amide bonds. The van der Waals surface area contributed by atoms with Crippen LogP contribution in [0.2, 0.25) is 0 Å². The Hall–Kier alpha value is -5.94. The molecule has 0 aromatic heterocycles. The summed E-state index contributed by atoms with van der Waals surface area (Å²) < 4.78 is -0.888. The molecule has 308 valence electrons. The monoisotopic (exact) mass is 837 g/mol. The van der Waals surface area contributed by atoms with Crippen LogP contribution in [0.3, 0.4) is 0 Å². The lowest BCUT2D eigenvalue weighted by molar-refractivity contribution is -0.197. The van der Waals surface area contributed by atoms with Crippen molar-refractivity contribution in [3.8, 4) is 0 Å². The van der Waals surface area contributed by atoms with Crippen LogP contribution < -0.4 is 11.1 Å². The zero-order valence-electron chi connectivity index (χ0n) is 33.9. The number of nitrogens with zero attached hydrogens (tertiary/aromatic N) is 1. The van der Waals surface area contributed by atoms with Crippen LogP contribution in [0.25, 0.3) is 0 Å². The average Bonchev–Trinajstić information content (AvgIpc) is 3.64. The first-order chi connectivity index (χ1) is 29.4. The molecule has 3 N–H and O–H groups in total. The number of nitrogens with two attached hydrogens (primary N) is 1. The first-order valence-corrected chi connectivity index (χ1v) is 21.8. The first-order valence-electron chi connectivity index (χ1n) is 19.8. The lowest BCUT2D eigenvalue weighted by Gasteiger charge is -2.35. The molecule has 0 unspecified atom stereocenters. The first kappa shape index (κ1) is 45.1. The maximum atomic E-state index is 12.4. The SMILES string of the molecule is CN.CNC(=O)CCSC(c1ccccc1)(c1ccccc1)c1ccccc1.O=C(CCSC(c1ccccc1)(c1ccccc1)c1ccccc1)ON1C(=O)CCC1=O. The molecule has 0 aliphatic carbocycles. The van der Waals surface area contributed by atoms with Gasteiger partial charge in [0.15, 0.2) is 0 Å². The van der Waals surface area contributed by atoms with Gasteiger partial charge in [0, 0.05) is 37.8 Å². The Kier molecular flexibility index (Phi) is 17.3. The minimum absolute atomic E-state index is 0.0655. The Labute approximate surface area is 361 Å². The predicted molar refractivity (Wildman–Crippen MR) is 244 cm³/mol. The van der Waals surface area contributed by atoms with Crippen molar-refractivity contribution >= 4 is 47.2 Å². The highest BCUT2D eigenvalue weighted by atomic mass is 32.2. The largest absolute Gasteiger partial charge is 0.359 e. The van der Waals surface area contributed by atoms with Gasteiger partial charge in [-0.25, -0.2) is 4.79 Å². The highest BCUT2D eigenvalue weighted by Crippen LogP contribution is 2.50. The fourth-order valence-electron chi connectivity index (χ4n) is 7.05. The second kappa shape index (κ2) is 23.0. The minimum Gasteiger partial charge on any atom is -0.359 e. The van der Waals surface area contributed by atoms with E-state index in [1.165, 1.54) is 23.7 Å². The molecule has 1 fully saturated rings. The molecular weight excluding hydrogens is 787 g/mol. The van der Waals surface area contributed by atoms with E-state index >= 15 is 0 Å². The zero-order chi connectivity index (χ0) is 42.6. The number of hydrogen-bond acceptors (Lipinski definition) is 8. The van der Waals surface area contributed by atoms with E-state index in [9.17, 15) is 19.2 Å². The summed E-state index contributed by atoms with van der Waals surface area (Å²) in [5.74, 6) is -0.289. The normalized spacial score (nSPS) is 12.3. The van der Waals surface area contributed by atoms with Gasteiger partial charge in [0.1, 0.15) is 0 Å². The molecule has 1 aliphatic heterocycles. The average molecular weight is 838 g/mol. The van der Waals surface area contributed by atoms with Crippen molar-refractivity contribution in [3.05, 3.63) is 215 Å². The summed E-state index contributed by atoms with van der Waals surface area (Å²) in [4.78, 5) is 52.7. The Bertz CT molecular complexity index is 2020. The molecule has 0 bridgehead atoms. The van der Waals surface area contributed by atoms with Gasteiger partial charge in [0.2, 0.25) is 5.91 Å². The molecular formula is C50H51N3O5S2. The molecule has 7 rings (SSSR count). The summed E-state index contributed by atoms with van der Waals surface area (Å²) in [5, 5.41) is 3.32. The Morgan fingerprint density at radius 1 is 0.517 bits per heavy atom. The van der Waals surface area contributed by atoms with E-state index in [0.717, 1.165) is 22.4 Å². The van der Waals surface area contributed by atoms with Gasteiger partial charge in [0.05, 0.1) is 15.9 Å². The van der Waals surface area contributed by atoms with Crippen molar-refractivity contribution in [2.45, 2.75) is 35.2 Å². The van der Waals surface area contributed by atoms with Crippen LogP contribution in [0, 0.1) is 0 Å². The topological polar surface area (TPSA) is 119 Å². The van der Waals surface area contributed by atoms with Crippen molar-refractivity contribution in [1.82, 2.24) is 10.4 Å². The van der Waals surface area contributed by atoms with Gasteiger partial charge < -0.3 is 15.9 Å². The van der Waals surface area contributed by atoms with Gasteiger partial charge in [0.25, 0.3) is 11.8 Å². The Morgan fingerprint density at radius 3 is 1.05 bits per heavy atom. The van der Waals surface area contributed by atoms with Gasteiger partial charge in [-0.15, -0.1) is 28.6 Å². The number of benzene rings is 6. The molecule has 1 heterocycles. The molecule has 10 heteroatoms. The van der Waals surface area contributed by atoms with Gasteiger partial charge >= 0.3 is 5.97 Å². The standard InChI is InChI=1S/C26H23NO4S.C23H23NOS.CH5N/c28-23-16-17-24(29)27(23)31-25(30)18-19-32-26(20-10-4-1-5-11-20,21-12-6-2-7-13-21)22-14-8-3-9-15-22;1-24-22(25)17-18-26-23(19-11-5-2-6-12-19,20-13-7-3-8-14-20)21-15-9-4-10-16-21;1-2/h1-15H,16-19H2;2-16H,17-18H2,1H3,(H,24,25);2H2,1H3. The van der Waals surface area contributed by atoms with Crippen molar-refractivity contribution in [1.29, 1.82) is 0 Å². The maximum Gasteiger partial charge on any atom is 0.334 e. The summed E-state index contributed by atoms with van der Waals surface area (Å²) in [6.07, 6.45) is 0.728. The van der Waals surface area contributed by atoms with E-state index < -0.39 is 22.5 Å². The second-order valence-corrected chi connectivity index (χ2v) is 16.1. The molecule has 8 nitrogen and oxygen atoms in total. The van der Waals surface area contributed by atoms with Crippen LogP contribution in [-0.2, 0) is 33.5 Å². The molecule has 6 aromatic rings. The van der Waals surface area contributed by atoms with E-state index in [4.69, 9.17) is 4.84 Å². The number of hydroxylamine groups is 2. The highest BCUT2D eigenvalue weighted by molar-refractivity contribution is 8.00. The number of hydrogen-bond donors (Lipinski definition) is 2. The number of nitrogens with one attached hydrogen (secondary N) is 1. The van der Waals surface area contributed by atoms with Gasteiger partial charge in [-0.1, -0.05) is 182 Å². The number of rotatable bonds is 15. The fraction of sp³-hybridized carbons (Fsp3) is 0.200. The summed E-state index contributed by atoms with van der Waals surface area (Å²) in [5.41, 5.74) is 11.5.